The van der Waals surface area contributed by atoms with Gasteiger partial charge in [0.25, 0.3) is 0 Å². The molecule has 1 saturated heterocycles. The Bertz CT molecular complexity index is 1410. The maximum atomic E-state index is 10.1. The molecule has 11 nitrogen and oxygen atoms in total. The fourth-order valence-corrected chi connectivity index (χ4v) is 4.24. The maximum Gasteiger partial charge on any atom is 0.213 e. The van der Waals surface area contributed by atoms with E-state index in [4.69, 9.17) is 19.3 Å². The Morgan fingerprint density at radius 3 is 2.65 bits per heavy atom. The summed E-state index contributed by atoms with van der Waals surface area (Å²) < 4.78 is 20.3. The van der Waals surface area contributed by atoms with Gasteiger partial charge in [0.1, 0.15) is 35.8 Å². The predicted octanol–water partition coefficient (Wildman–Crippen LogP) is 2.99. The van der Waals surface area contributed by atoms with Crippen LogP contribution in [-0.2, 0) is 0 Å². The minimum atomic E-state index is -0.990. The van der Waals surface area contributed by atoms with Crippen LogP contribution in [0.15, 0.2) is 49.1 Å². The van der Waals surface area contributed by atoms with Crippen molar-refractivity contribution in [3.63, 3.8) is 0 Å². The lowest BCUT2D eigenvalue weighted by molar-refractivity contribution is 0.0283. The third-order valence-corrected chi connectivity index (χ3v) is 6.09. The van der Waals surface area contributed by atoms with Crippen LogP contribution in [0.4, 0.5) is 5.82 Å². The molecule has 1 fully saturated rings. The molecule has 0 amide bonds. The van der Waals surface area contributed by atoms with Crippen LogP contribution in [0, 0.1) is 11.3 Å². The normalized spacial score (nSPS) is 14.5. The molecule has 37 heavy (non-hydrogen) atoms. The van der Waals surface area contributed by atoms with E-state index in [1.165, 1.54) is 6.20 Å². The summed E-state index contributed by atoms with van der Waals surface area (Å²) in [5, 5.41) is 28.8. The molecule has 5 heterocycles. The number of fused-ring (bicyclic) bond motifs is 1. The zero-order chi connectivity index (χ0) is 26.0. The molecule has 0 atom stereocenters. The third-order valence-electron chi connectivity index (χ3n) is 6.09. The molecule has 0 radical (unpaired) electrons. The Morgan fingerprint density at radius 2 is 1.97 bits per heavy atom. The molecule has 0 aromatic carbocycles. The quantitative estimate of drug-likeness (QED) is 0.386. The standard InChI is InChI=1S/C26H29N7O4/c1-26(2,34)17-36-21-12-22(25-18(13-27)14-29-33(25)16-21)32-11-8-23(30-32)31-9-6-19(7-10-31)37-20-4-5-24(35-3)28-15-20/h4-5,8,11-12,14-16,19,34H,6-7,9-10,17H2,1-3H3. The Morgan fingerprint density at radius 1 is 1.16 bits per heavy atom. The van der Waals surface area contributed by atoms with Crippen LogP contribution in [0.2, 0.25) is 0 Å². The lowest BCUT2D eigenvalue weighted by Crippen LogP contribution is -2.38. The highest BCUT2D eigenvalue weighted by Crippen LogP contribution is 2.28. The SMILES string of the molecule is COc1ccc(OC2CCN(c3ccn(-c4cc(OCC(C)(C)O)cn5ncc(C#N)c45)n3)CC2)cn1. The van der Waals surface area contributed by atoms with Crippen LogP contribution in [0.25, 0.3) is 11.2 Å². The van der Waals surface area contributed by atoms with E-state index >= 15 is 0 Å². The van der Waals surface area contributed by atoms with Gasteiger partial charge in [0, 0.05) is 50.3 Å². The summed E-state index contributed by atoms with van der Waals surface area (Å²) in [5.41, 5.74) is 0.745. The van der Waals surface area contributed by atoms with Gasteiger partial charge in [0.05, 0.1) is 42.6 Å². The number of aromatic nitrogens is 5. The summed E-state index contributed by atoms with van der Waals surface area (Å²) in [6.07, 6.45) is 8.56. The van der Waals surface area contributed by atoms with E-state index in [2.05, 4.69) is 21.1 Å². The highest BCUT2D eigenvalue weighted by Gasteiger charge is 2.23. The molecule has 1 N–H and O–H groups in total. The average Bonchev–Trinajstić information content (AvgIpc) is 3.55. The van der Waals surface area contributed by atoms with E-state index in [1.54, 1.807) is 48.6 Å². The van der Waals surface area contributed by atoms with Crippen molar-refractivity contribution in [2.45, 2.75) is 38.4 Å². The monoisotopic (exact) mass is 503 g/mol. The van der Waals surface area contributed by atoms with Crippen LogP contribution in [0.3, 0.4) is 0 Å². The molecule has 1 aliphatic heterocycles. The van der Waals surface area contributed by atoms with Gasteiger partial charge in [0.2, 0.25) is 5.88 Å². The number of hydrogen-bond donors (Lipinski definition) is 1. The molecule has 0 aliphatic carbocycles. The van der Waals surface area contributed by atoms with Crippen molar-refractivity contribution >= 4 is 11.3 Å². The van der Waals surface area contributed by atoms with Gasteiger partial charge >= 0.3 is 0 Å². The summed E-state index contributed by atoms with van der Waals surface area (Å²) in [7, 11) is 1.59. The second-order valence-electron chi connectivity index (χ2n) is 9.58. The van der Waals surface area contributed by atoms with Gasteiger partial charge in [0.15, 0.2) is 5.82 Å². The number of hydrogen-bond acceptors (Lipinski definition) is 9. The first kappa shape index (κ1) is 24.4. The van der Waals surface area contributed by atoms with E-state index < -0.39 is 5.60 Å². The van der Waals surface area contributed by atoms with Crippen molar-refractivity contribution in [1.29, 1.82) is 5.26 Å². The Kier molecular flexibility index (Phi) is 6.58. The average molecular weight is 504 g/mol. The summed E-state index contributed by atoms with van der Waals surface area (Å²) in [6.45, 7) is 5.06. The number of nitrogens with zero attached hydrogens (tertiary/aromatic N) is 7. The van der Waals surface area contributed by atoms with Gasteiger partial charge in [-0.3, -0.25) is 0 Å². The lowest BCUT2D eigenvalue weighted by Gasteiger charge is -2.32. The fraction of sp³-hybridized carbons (Fsp3) is 0.385. The van der Waals surface area contributed by atoms with Crippen molar-refractivity contribution in [2.75, 3.05) is 31.7 Å². The van der Waals surface area contributed by atoms with E-state index in [0.29, 0.717) is 28.4 Å². The number of nitriles is 1. The van der Waals surface area contributed by atoms with Crippen molar-refractivity contribution in [2.24, 2.45) is 0 Å². The van der Waals surface area contributed by atoms with Crippen molar-refractivity contribution < 1.29 is 19.3 Å². The first-order chi connectivity index (χ1) is 17.8. The molecule has 0 saturated carbocycles. The molecular formula is C26H29N7O4. The van der Waals surface area contributed by atoms with E-state index in [1.807, 2.05) is 24.4 Å². The minimum Gasteiger partial charge on any atom is -0.489 e. The zero-order valence-electron chi connectivity index (χ0n) is 21.0. The van der Waals surface area contributed by atoms with Crippen LogP contribution in [-0.4, -0.2) is 68.0 Å². The molecule has 1 aliphatic rings. The highest BCUT2D eigenvalue weighted by atomic mass is 16.5. The summed E-state index contributed by atoms with van der Waals surface area (Å²) in [4.78, 5) is 6.42. The lowest BCUT2D eigenvalue weighted by atomic mass is 10.1. The fourth-order valence-electron chi connectivity index (χ4n) is 4.24. The smallest absolute Gasteiger partial charge is 0.213 e. The molecule has 5 rings (SSSR count). The zero-order valence-corrected chi connectivity index (χ0v) is 21.0. The largest absolute Gasteiger partial charge is 0.489 e. The Hall–Kier alpha value is -4.30. The van der Waals surface area contributed by atoms with Crippen LogP contribution >= 0.6 is 0 Å². The third kappa shape index (κ3) is 5.44. The molecule has 4 aromatic rings. The summed E-state index contributed by atoms with van der Waals surface area (Å²) >= 11 is 0. The van der Waals surface area contributed by atoms with Crippen LogP contribution < -0.4 is 19.1 Å². The highest BCUT2D eigenvalue weighted by molar-refractivity contribution is 5.73. The van der Waals surface area contributed by atoms with Gasteiger partial charge in [-0.15, -0.1) is 0 Å². The van der Waals surface area contributed by atoms with Crippen LogP contribution in [0.5, 0.6) is 17.4 Å². The van der Waals surface area contributed by atoms with Crippen molar-refractivity contribution in [3.05, 3.63) is 54.6 Å². The second kappa shape index (κ2) is 9.99. The molecule has 192 valence electrons. The predicted molar refractivity (Wildman–Crippen MR) is 135 cm³/mol. The Balaban J connectivity index is 1.32. The minimum absolute atomic E-state index is 0.0998. The number of anilines is 1. The molecule has 0 unspecified atom stereocenters. The molecule has 0 bridgehead atoms. The molecule has 4 aromatic heterocycles. The molecule has 0 spiro atoms. The number of aliphatic hydroxyl groups is 1. The number of rotatable bonds is 8. The summed E-state index contributed by atoms with van der Waals surface area (Å²) in [5.74, 6) is 2.64. The van der Waals surface area contributed by atoms with Crippen LogP contribution in [0.1, 0.15) is 32.3 Å². The molecule has 11 heteroatoms. The number of methoxy groups -OCH3 is 1. The van der Waals surface area contributed by atoms with Gasteiger partial charge in [-0.25, -0.2) is 14.2 Å². The van der Waals surface area contributed by atoms with E-state index in [0.717, 1.165) is 37.5 Å². The first-order valence-electron chi connectivity index (χ1n) is 12.1. The summed E-state index contributed by atoms with van der Waals surface area (Å²) in [6, 6.07) is 9.62. The topological polar surface area (TPSA) is 123 Å². The molecular weight excluding hydrogens is 474 g/mol. The maximum absolute atomic E-state index is 10.1. The van der Waals surface area contributed by atoms with Gasteiger partial charge in [-0.1, -0.05) is 0 Å². The van der Waals surface area contributed by atoms with E-state index in [9.17, 15) is 10.4 Å². The second-order valence-corrected chi connectivity index (χ2v) is 9.58. The van der Waals surface area contributed by atoms with Crippen molar-refractivity contribution in [3.8, 4) is 29.1 Å². The van der Waals surface area contributed by atoms with Gasteiger partial charge < -0.3 is 24.2 Å². The van der Waals surface area contributed by atoms with Gasteiger partial charge in [-0.2, -0.15) is 15.5 Å². The Labute approximate surface area is 214 Å². The number of pyridine rings is 2. The van der Waals surface area contributed by atoms with Crippen molar-refractivity contribution in [1.82, 2.24) is 24.4 Å². The van der Waals surface area contributed by atoms with Gasteiger partial charge in [-0.05, 0) is 19.9 Å². The number of ether oxygens (including phenoxy) is 3. The van der Waals surface area contributed by atoms with E-state index in [-0.39, 0.29) is 12.7 Å². The first-order valence-corrected chi connectivity index (χ1v) is 12.1. The number of piperidine rings is 1.